The standard InChI is InChI=1S/C19H22F2N2O/c1-24-18-8-7-17(21)12-15(18)10-13-5-3-9-23(22)19(13)14-4-2-6-16(20)11-14/h2,4,6-8,11-13,19H,3,5,9-10,22H2,1H3/t13-,19-/m1/s1. The molecule has 2 aromatic rings. The number of halogens is 2. The Bertz CT molecular complexity index is 708. The van der Waals surface area contributed by atoms with Crippen molar-refractivity contribution in [2.75, 3.05) is 13.7 Å². The van der Waals surface area contributed by atoms with Crippen molar-refractivity contribution in [1.82, 2.24) is 5.01 Å². The molecule has 3 nitrogen and oxygen atoms in total. The minimum atomic E-state index is -0.284. The molecule has 1 fully saturated rings. The molecule has 5 heteroatoms. The van der Waals surface area contributed by atoms with E-state index in [1.165, 1.54) is 24.3 Å². The monoisotopic (exact) mass is 332 g/mol. The Morgan fingerprint density at radius 3 is 2.71 bits per heavy atom. The molecular weight excluding hydrogens is 310 g/mol. The molecular formula is C19H22F2N2O. The summed E-state index contributed by atoms with van der Waals surface area (Å²) in [6, 6.07) is 11.0. The molecule has 0 saturated carbocycles. The first-order valence-electron chi connectivity index (χ1n) is 8.17. The lowest BCUT2D eigenvalue weighted by molar-refractivity contribution is 0.0920. The molecule has 0 aliphatic carbocycles. The Morgan fingerprint density at radius 1 is 1.17 bits per heavy atom. The number of ether oxygens (including phenoxy) is 1. The van der Waals surface area contributed by atoms with Crippen LogP contribution in [-0.2, 0) is 6.42 Å². The predicted molar refractivity (Wildman–Crippen MR) is 89.4 cm³/mol. The highest BCUT2D eigenvalue weighted by atomic mass is 19.1. The summed E-state index contributed by atoms with van der Waals surface area (Å²) in [5, 5.41) is 1.77. The molecule has 0 bridgehead atoms. The fraction of sp³-hybridized carbons (Fsp3) is 0.368. The molecule has 2 atom stereocenters. The van der Waals surface area contributed by atoms with Crippen molar-refractivity contribution >= 4 is 0 Å². The van der Waals surface area contributed by atoms with Gasteiger partial charge in [0.25, 0.3) is 0 Å². The Morgan fingerprint density at radius 2 is 1.96 bits per heavy atom. The third-order valence-corrected chi connectivity index (χ3v) is 4.71. The van der Waals surface area contributed by atoms with Crippen LogP contribution in [0.1, 0.15) is 30.0 Å². The average molecular weight is 332 g/mol. The van der Waals surface area contributed by atoms with Gasteiger partial charge in [-0.3, -0.25) is 5.84 Å². The summed E-state index contributed by atoms with van der Waals surface area (Å²) in [6.45, 7) is 0.762. The normalized spacial score (nSPS) is 21.7. The van der Waals surface area contributed by atoms with Gasteiger partial charge in [-0.15, -0.1) is 0 Å². The number of hydrogen-bond acceptors (Lipinski definition) is 3. The maximum atomic E-state index is 13.6. The zero-order valence-electron chi connectivity index (χ0n) is 13.7. The van der Waals surface area contributed by atoms with Crippen LogP contribution in [0.4, 0.5) is 8.78 Å². The molecule has 0 spiro atoms. The van der Waals surface area contributed by atoms with Gasteiger partial charge in [0.05, 0.1) is 13.2 Å². The Kier molecular flexibility index (Phi) is 5.11. The predicted octanol–water partition coefficient (Wildman–Crippen LogP) is 3.84. The number of hydrazine groups is 1. The zero-order chi connectivity index (χ0) is 17.1. The van der Waals surface area contributed by atoms with Gasteiger partial charge in [-0.1, -0.05) is 12.1 Å². The van der Waals surface area contributed by atoms with E-state index in [2.05, 4.69) is 0 Å². The summed E-state index contributed by atoms with van der Waals surface area (Å²) < 4.78 is 32.7. The number of nitrogens with two attached hydrogens (primary N) is 1. The van der Waals surface area contributed by atoms with Gasteiger partial charge in [-0.25, -0.2) is 13.8 Å². The minimum absolute atomic E-state index is 0.0950. The van der Waals surface area contributed by atoms with Gasteiger partial charge in [0.2, 0.25) is 0 Å². The maximum absolute atomic E-state index is 13.6. The van der Waals surface area contributed by atoms with Crippen molar-refractivity contribution in [2.45, 2.75) is 25.3 Å². The Hall–Kier alpha value is -1.98. The molecule has 128 valence electrons. The second-order valence-corrected chi connectivity index (χ2v) is 6.30. The summed E-state index contributed by atoms with van der Waals surface area (Å²) in [7, 11) is 1.58. The van der Waals surface area contributed by atoms with Crippen molar-refractivity contribution < 1.29 is 13.5 Å². The van der Waals surface area contributed by atoms with Gasteiger partial charge in [0.1, 0.15) is 17.4 Å². The van der Waals surface area contributed by atoms with E-state index in [0.29, 0.717) is 12.2 Å². The molecule has 2 N–H and O–H groups in total. The van der Waals surface area contributed by atoms with E-state index in [0.717, 1.165) is 30.5 Å². The van der Waals surface area contributed by atoms with E-state index in [4.69, 9.17) is 10.6 Å². The summed E-state index contributed by atoms with van der Waals surface area (Å²) in [4.78, 5) is 0. The number of methoxy groups -OCH3 is 1. The average Bonchev–Trinajstić information content (AvgIpc) is 2.55. The second kappa shape index (κ2) is 7.28. The molecule has 1 aliphatic rings. The van der Waals surface area contributed by atoms with Crippen LogP contribution in [0.25, 0.3) is 0 Å². The largest absolute Gasteiger partial charge is 0.496 e. The highest BCUT2D eigenvalue weighted by Gasteiger charge is 2.32. The van der Waals surface area contributed by atoms with E-state index in [9.17, 15) is 8.78 Å². The summed E-state index contributed by atoms with van der Waals surface area (Å²) >= 11 is 0. The third kappa shape index (κ3) is 3.57. The van der Waals surface area contributed by atoms with Gasteiger partial charge >= 0.3 is 0 Å². The first kappa shape index (κ1) is 16.9. The van der Waals surface area contributed by atoms with Crippen LogP contribution in [0, 0.1) is 17.6 Å². The highest BCUT2D eigenvalue weighted by Crippen LogP contribution is 2.38. The van der Waals surface area contributed by atoms with Gasteiger partial charge in [-0.2, -0.15) is 0 Å². The molecule has 0 unspecified atom stereocenters. The lowest BCUT2D eigenvalue weighted by Gasteiger charge is -2.39. The summed E-state index contributed by atoms with van der Waals surface area (Å²) in [5.74, 6) is 6.50. The van der Waals surface area contributed by atoms with Crippen LogP contribution in [0.2, 0.25) is 0 Å². The fourth-order valence-electron chi connectivity index (χ4n) is 3.66. The van der Waals surface area contributed by atoms with Crippen molar-refractivity contribution in [1.29, 1.82) is 0 Å². The van der Waals surface area contributed by atoms with E-state index in [1.807, 2.05) is 6.07 Å². The van der Waals surface area contributed by atoms with Gasteiger partial charge in [-0.05, 0) is 66.6 Å². The smallest absolute Gasteiger partial charge is 0.123 e. The van der Waals surface area contributed by atoms with Crippen molar-refractivity contribution in [3.63, 3.8) is 0 Å². The quantitative estimate of drug-likeness (QED) is 0.865. The molecule has 24 heavy (non-hydrogen) atoms. The first-order chi connectivity index (χ1) is 11.6. The number of rotatable bonds is 4. The van der Waals surface area contributed by atoms with Crippen LogP contribution < -0.4 is 10.6 Å². The number of benzene rings is 2. The minimum Gasteiger partial charge on any atom is -0.496 e. The molecule has 1 saturated heterocycles. The van der Waals surface area contributed by atoms with E-state index in [-0.39, 0.29) is 23.6 Å². The van der Waals surface area contributed by atoms with E-state index < -0.39 is 0 Å². The van der Waals surface area contributed by atoms with Gasteiger partial charge in [0, 0.05) is 6.54 Å². The van der Waals surface area contributed by atoms with Crippen LogP contribution in [0.5, 0.6) is 5.75 Å². The number of hydrogen-bond donors (Lipinski definition) is 1. The first-order valence-corrected chi connectivity index (χ1v) is 8.17. The van der Waals surface area contributed by atoms with Crippen LogP contribution in [0.3, 0.4) is 0 Å². The Balaban J connectivity index is 1.91. The lowest BCUT2D eigenvalue weighted by Crippen LogP contribution is -2.44. The van der Waals surface area contributed by atoms with Crippen molar-refractivity contribution in [3.05, 3.63) is 65.2 Å². The van der Waals surface area contributed by atoms with Crippen LogP contribution in [-0.4, -0.2) is 18.7 Å². The summed E-state index contributed by atoms with van der Waals surface area (Å²) in [6.07, 6.45) is 2.55. The number of nitrogens with zero attached hydrogens (tertiary/aromatic N) is 1. The zero-order valence-corrected chi connectivity index (χ0v) is 13.7. The van der Waals surface area contributed by atoms with Crippen LogP contribution >= 0.6 is 0 Å². The summed E-state index contributed by atoms with van der Waals surface area (Å²) in [5.41, 5.74) is 1.68. The van der Waals surface area contributed by atoms with Crippen molar-refractivity contribution in [2.24, 2.45) is 11.8 Å². The molecule has 3 rings (SSSR count). The molecule has 0 amide bonds. The van der Waals surface area contributed by atoms with E-state index in [1.54, 1.807) is 24.3 Å². The fourth-order valence-corrected chi connectivity index (χ4v) is 3.66. The second-order valence-electron chi connectivity index (χ2n) is 6.30. The number of piperidine rings is 1. The van der Waals surface area contributed by atoms with E-state index >= 15 is 0 Å². The van der Waals surface area contributed by atoms with Crippen LogP contribution in [0.15, 0.2) is 42.5 Å². The maximum Gasteiger partial charge on any atom is 0.123 e. The molecule has 0 radical (unpaired) electrons. The third-order valence-electron chi connectivity index (χ3n) is 4.71. The van der Waals surface area contributed by atoms with Crippen molar-refractivity contribution in [3.8, 4) is 5.75 Å². The van der Waals surface area contributed by atoms with Gasteiger partial charge < -0.3 is 4.74 Å². The van der Waals surface area contributed by atoms with Gasteiger partial charge in [0.15, 0.2) is 0 Å². The SMILES string of the molecule is COc1ccc(F)cc1C[C@H]1CCCN(N)[C@H]1c1cccc(F)c1. The molecule has 1 aliphatic heterocycles. The molecule has 0 aromatic heterocycles. The highest BCUT2D eigenvalue weighted by molar-refractivity contribution is 5.35. The topological polar surface area (TPSA) is 38.5 Å². The molecule has 2 aromatic carbocycles. The molecule has 1 heterocycles. The lowest BCUT2D eigenvalue weighted by atomic mass is 9.81. The Labute approximate surface area is 141 Å².